The van der Waals surface area contributed by atoms with E-state index in [2.05, 4.69) is 21.2 Å². The van der Waals surface area contributed by atoms with Gasteiger partial charge in [-0.3, -0.25) is 4.79 Å². The van der Waals surface area contributed by atoms with E-state index in [1.807, 2.05) is 0 Å². The summed E-state index contributed by atoms with van der Waals surface area (Å²) in [6, 6.07) is -0.533. The molecule has 0 aliphatic heterocycles. The van der Waals surface area contributed by atoms with Crippen LogP contribution in [-0.4, -0.2) is 42.6 Å². The molecule has 18 heavy (non-hydrogen) atoms. The van der Waals surface area contributed by atoms with E-state index in [1.165, 1.54) is 0 Å². The van der Waals surface area contributed by atoms with Crippen LogP contribution in [0.1, 0.15) is 33.6 Å². The van der Waals surface area contributed by atoms with Gasteiger partial charge in [0.1, 0.15) is 5.60 Å². The number of Topliss-reactive ketones (excluding diaryl/α,β-unsaturated/α-hetero) is 1. The Bertz CT molecular complexity index is 276. The highest BCUT2D eigenvalue weighted by Crippen LogP contribution is 2.08. The molecule has 106 valence electrons. The number of carbonyl (C=O) groups is 2. The monoisotopic (exact) mass is 323 g/mol. The predicted molar refractivity (Wildman–Crippen MR) is 73.1 cm³/mol. The van der Waals surface area contributed by atoms with E-state index in [0.29, 0.717) is 19.4 Å². The molecule has 5 nitrogen and oxygen atoms in total. The van der Waals surface area contributed by atoms with E-state index in [4.69, 9.17) is 9.47 Å². The van der Waals surface area contributed by atoms with Gasteiger partial charge in [-0.25, -0.2) is 4.79 Å². The molecule has 0 aliphatic rings. The summed E-state index contributed by atoms with van der Waals surface area (Å²) < 4.78 is 10.0. The maximum absolute atomic E-state index is 11.6. The van der Waals surface area contributed by atoms with E-state index in [-0.39, 0.29) is 11.1 Å². The van der Waals surface area contributed by atoms with E-state index in [1.54, 1.807) is 27.9 Å². The largest absolute Gasteiger partial charge is 0.444 e. The third-order valence-electron chi connectivity index (χ3n) is 2.05. The Morgan fingerprint density at radius 1 is 1.33 bits per heavy atom. The van der Waals surface area contributed by atoms with Gasteiger partial charge >= 0.3 is 6.09 Å². The fraction of sp³-hybridized carbons (Fsp3) is 0.833. The average molecular weight is 324 g/mol. The summed E-state index contributed by atoms with van der Waals surface area (Å²) in [6.07, 6.45) is 0.673. The van der Waals surface area contributed by atoms with Crippen molar-refractivity contribution in [3.05, 3.63) is 0 Å². The zero-order valence-corrected chi connectivity index (χ0v) is 13.0. The zero-order chi connectivity index (χ0) is 14.2. The molecular formula is C12H22BrNO4. The van der Waals surface area contributed by atoms with Gasteiger partial charge in [-0.05, 0) is 33.6 Å². The molecule has 1 N–H and O–H groups in total. The second-order valence-electron chi connectivity index (χ2n) is 4.93. The number of nitrogens with one attached hydrogen (secondary N) is 1. The molecule has 0 saturated carbocycles. The Hall–Kier alpha value is -0.620. The standard InChI is InChI=1S/C12H22BrNO4/c1-12(2,3)18-11(16)14-9(10(15)8-13)6-5-7-17-4/h9H,5-8H2,1-4H3,(H,14,16). The summed E-state index contributed by atoms with van der Waals surface area (Å²) >= 11 is 3.10. The van der Waals surface area contributed by atoms with E-state index in [0.717, 1.165) is 0 Å². The second kappa shape index (κ2) is 8.48. The Morgan fingerprint density at radius 2 is 1.94 bits per heavy atom. The number of alkyl carbamates (subject to hydrolysis) is 1. The number of hydrogen-bond acceptors (Lipinski definition) is 4. The molecule has 6 heteroatoms. The summed E-state index contributed by atoms with van der Waals surface area (Å²) in [4.78, 5) is 23.2. The first-order valence-corrected chi connectivity index (χ1v) is 6.99. The fourth-order valence-electron chi connectivity index (χ4n) is 1.29. The number of carbonyl (C=O) groups excluding carboxylic acids is 2. The molecule has 0 heterocycles. The number of alkyl halides is 1. The molecule has 1 unspecified atom stereocenters. The van der Waals surface area contributed by atoms with Crippen molar-refractivity contribution in [3.63, 3.8) is 0 Å². The summed E-state index contributed by atoms with van der Waals surface area (Å²) in [7, 11) is 1.60. The van der Waals surface area contributed by atoms with Crippen molar-refractivity contribution in [2.24, 2.45) is 0 Å². The number of halogens is 1. The fourth-order valence-corrected chi connectivity index (χ4v) is 1.68. The molecule has 0 spiro atoms. The topological polar surface area (TPSA) is 64.6 Å². The Labute approximate surface area is 117 Å². The Kier molecular flexibility index (Phi) is 8.18. The van der Waals surface area contributed by atoms with E-state index >= 15 is 0 Å². The van der Waals surface area contributed by atoms with Crippen LogP contribution in [0, 0.1) is 0 Å². The smallest absolute Gasteiger partial charge is 0.408 e. The third-order valence-corrected chi connectivity index (χ3v) is 2.61. The minimum absolute atomic E-state index is 0.0723. The average Bonchev–Trinajstić information content (AvgIpc) is 2.24. The molecular weight excluding hydrogens is 302 g/mol. The van der Waals surface area contributed by atoms with Crippen LogP contribution in [0.2, 0.25) is 0 Å². The minimum Gasteiger partial charge on any atom is -0.444 e. The number of rotatable bonds is 7. The SMILES string of the molecule is COCCCC(NC(=O)OC(C)(C)C)C(=O)CBr. The lowest BCUT2D eigenvalue weighted by molar-refractivity contribution is -0.118. The lowest BCUT2D eigenvalue weighted by Crippen LogP contribution is -2.44. The van der Waals surface area contributed by atoms with E-state index in [9.17, 15) is 9.59 Å². The minimum atomic E-state index is -0.571. The van der Waals surface area contributed by atoms with Crippen molar-refractivity contribution in [2.45, 2.75) is 45.3 Å². The molecule has 0 aliphatic carbocycles. The van der Waals surface area contributed by atoms with Gasteiger partial charge in [-0.1, -0.05) is 15.9 Å². The molecule has 1 atom stereocenters. The summed E-state index contributed by atoms with van der Waals surface area (Å²) in [5, 5.41) is 2.80. The van der Waals surface area contributed by atoms with Gasteiger partial charge in [0, 0.05) is 13.7 Å². The number of amides is 1. The van der Waals surface area contributed by atoms with Gasteiger partial charge in [0.05, 0.1) is 11.4 Å². The first-order valence-electron chi connectivity index (χ1n) is 5.87. The van der Waals surface area contributed by atoms with Crippen molar-refractivity contribution < 1.29 is 19.1 Å². The number of hydrogen-bond donors (Lipinski definition) is 1. The summed E-state index contributed by atoms with van der Waals surface area (Å²) in [5.41, 5.74) is -0.571. The highest BCUT2D eigenvalue weighted by atomic mass is 79.9. The van der Waals surface area contributed by atoms with Crippen LogP contribution in [0.15, 0.2) is 0 Å². The summed E-state index contributed by atoms with van der Waals surface area (Å²) in [6.45, 7) is 5.89. The quantitative estimate of drug-likeness (QED) is 0.576. The molecule has 0 fully saturated rings. The van der Waals surface area contributed by atoms with Crippen molar-refractivity contribution in [1.29, 1.82) is 0 Å². The van der Waals surface area contributed by atoms with Crippen LogP contribution in [0.5, 0.6) is 0 Å². The lowest BCUT2D eigenvalue weighted by atomic mass is 10.1. The zero-order valence-electron chi connectivity index (χ0n) is 11.4. The van der Waals surface area contributed by atoms with Gasteiger partial charge in [0.25, 0.3) is 0 Å². The van der Waals surface area contributed by atoms with Gasteiger partial charge in [-0.15, -0.1) is 0 Å². The Balaban J connectivity index is 4.31. The van der Waals surface area contributed by atoms with E-state index < -0.39 is 17.7 Å². The second-order valence-corrected chi connectivity index (χ2v) is 5.49. The van der Waals surface area contributed by atoms with Crippen LogP contribution in [0.4, 0.5) is 4.79 Å². The van der Waals surface area contributed by atoms with Crippen LogP contribution in [0.25, 0.3) is 0 Å². The van der Waals surface area contributed by atoms with Crippen LogP contribution < -0.4 is 5.32 Å². The van der Waals surface area contributed by atoms with Crippen LogP contribution in [0.3, 0.4) is 0 Å². The summed E-state index contributed by atoms with van der Waals surface area (Å²) in [5.74, 6) is -0.0723. The molecule has 0 aromatic carbocycles. The van der Waals surface area contributed by atoms with Gasteiger partial charge in [-0.2, -0.15) is 0 Å². The highest BCUT2D eigenvalue weighted by molar-refractivity contribution is 9.09. The maximum atomic E-state index is 11.6. The lowest BCUT2D eigenvalue weighted by Gasteiger charge is -2.22. The van der Waals surface area contributed by atoms with Gasteiger partial charge in [0.2, 0.25) is 0 Å². The molecule has 0 aromatic rings. The van der Waals surface area contributed by atoms with Crippen molar-refractivity contribution in [1.82, 2.24) is 5.32 Å². The van der Waals surface area contributed by atoms with Crippen LogP contribution in [-0.2, 0) is 14.3 Å². The van der Waals surface area contributed by atoms with Crippen molar-refractivity contribution >= 4 is 27.8 Å². The Morgan fingerprint density at radius 3 is 2.39 bits per heavy atom. The normalized spacial score (nSPS) is 12.9. The maximum Gasteiger partial charge on any atom is 0.408 e. The molecule has 0 rings (SSSR count). The first-order chi connectivity index (χ1) is 8.30. The third kappa shape index (κ3) is 8.47. The van der Waals surface area contributed by atoms with Crippen molar-refractivity contribution in [2.75, 3.05) is 19.0 Å². The highest BCUT2D eigenvalue weighted by Gasteiger charge is 2.23. The predicted octanol–water partition coefficient (Wildman–Crippen LogP) is 2.27. The van der Waals surface area contributed by atoms with Gasteiger partial charge < -0.3 is 14.8 Å². The molecule has 1 amide bonds. The molecule has 0 aromatic heterocycles. The number of ether oxygens (including phenoxy) is 2. The number of ketones is 1. The molecule has 0 saturated heterocycles. The van der Waals surface area contributed by atoms with Gasteiger partial charge in [0.15, 0.2) is 5.78 Å². The molecule has 0 bridgehead atoms. The molecule has 0 radical (unpaired) electrons. The first kappa shape index (κ1) is 17.4. The van der Waals surface area contributed by atoms with Crippen molar-refractivity contribution in [3.8, 4) is 0 Å². The number of methoxy groups -OCH3 is 1. The van der Waals surface area contributed by atoms with Crippen LogP contribution >= 0.6 is 15.9 Å².